The molecule has 0 saturated heterocycles. The largest absolute Gasteiger partial charge is 0.324 e. The van der Waals surface area contributed by atoms with Gasteiger partial charge >= 0.3 is 0 Å². The van der Waals surface area contributed by atoms with Crippen LogP contribution in [-0.4, -0.2) is 14.8 Å². The molecule has 0 amide bonds. The summed E-state index contributed by atoms with van der Waals surface area (Å²) in [6.45, 7) is 0.329. The highest BCUT2D eigenvalue weighted by Gasteiger charge is 2.10. The summed E-state index contributed by atoms with van der Waals surface area (Å²) in [5.74, 6) is 0.875. The van der Waals surface area contributed by atoms with E-state index < -0.39 is 0 Å². The van der Waals surface area contributed by atoms with Crippen molar-refractivity contribution < 1.29 is 4.39 Å². The fourth-order valence-corrected chi connectivity index (χ4v) is 2.54. The first-order valence-corrected chi connectivity index (χ1v) is 6.63. The van der Waals surface area contributed by atoms with Gasteiger partial charge in [0.05, 0.1) is 6.54 Å². The van der Waals surface area contributed by atoms with Gasteiger partial charge in [0, 0.05) is 17.8 Å². The van der Waals surface area contributed by atoms with Crippen molar-refractivity contribution in [3.63, 3.8) is 0 Å². The predicted octanol–water partition coefficient (Wildman–Crippen LogP) is 2.36. The monoisotopic (exact) mass is 286 g/mol. The lowest BCUT2D eigenvalue weighted by Crippen LogP contribution is -2.05. The molecule has 0 aliphatic heterocycles. The van der Waals surface area contributed by atoms with E-state index in [0.29, 0.717) is 33.9 Å². The molecule has 2 N–H and O–H groups in total. The molecule has 0 aliphatic rings. The summed E-state index contributed by atoms with van der Waals surface area (Å²) < 4.78 is 15.3. The van der Waals surface area contributed by atoms with Gasteiger partial charge in [-0.3, -0.25) is 0 Å². The van der Waals surface area contributed by atoms with Crippen LogP contribution in [0.2, 0.25) is 5.02 Å². The van der Waals surface area contributed by atoms with Gasteiger partial charge in [0.15, 0.2) is 5.16 Å². The Kier molecular flexibility index (Phi) is 4.21. The van der Waals surface area contributed by atoms with Gasteiger partial charge < -0.3 is 10.3 Å². The molecule has 0 spiro atoms. The zero-order valence-corrected chi connectivity index (χ0v) is 11.3. The van der Waals surface area contributed by atoms with Crippen molar-refractivity contribution in [3.8, 4) is 0 Å². The Morgan fingerprint density at radius 3 is 2.89 bits per heavy atom. The second-order valence-electron chi connectivity index (χ2n) is 3.69. The number of benzene rings is 1. The quantitative estimate of drug-likeness (QED) is 0.877. The molecule has 0 bridgehead atoms. The second-order valence-corrected chi connectivity index (χ2v) is 5.07. The molecule has 96 valence electrons. The zero-order chi connectivity index (χ0) is 13.1. The summed E-state index contributed by atoms with van der Waals surface area (Å²) in [5, 5.41) is 9.15. The van der Waals surface area contributed by atoms with Gasteiger partial charge in [-0.15, -0.1) is 10.2 Å². The lowest BCUT2D eigenvalue weighted by Gasteiger charge is -2.04. The maximum atomic E-state index is 13.5. The van der Waals surface area contributed by atoms with Crippen LogP contribution in [0.15, 0.2) is 23.4 Å². The highest BCUT2D eigenvalue weighted by molar-refractivity contribution is 7.98. The van der Waals surface area contributed by atoms with Gasteiger partial charge in [-0.25, -0.2) is 4.39 Å². The third-order valence-electron chi connectivity index (χ3n) is 2.47. The van der Waals surface area contributed by atoms with Gasteiger partial charge in [0.25, 0.3) is 0 Å². The Balaban J connectivity index is 2.11. The third-order valence-corrected chi connectivity index (χ3v) is 3.78. The van der Waals surface area contributed by atoms with E-state index in [9.17, 15) is 4.39 Å². The molecule has 18 heavy (non-hydrogen) atoms. The van der Waals surface area contributed by atoms with Crippen molar-refractivity contribution in [1.82, 2.24) is 14.8 Å². The van der Waals surface area contributed by atoms with Crippen molar-refractivity contribution in [2.45, 2.75) is 17.5 Å². The van der Waals surface area contributed by atoms with E-state index in [1.807, 2.05) is 7.05 Å². The van der Waals surface area contributed by atoms with E-state index in [4.69, 9.17) is 17.3 Å². The van der Waals surface area contributed by atoms with Crippen LogP contribution < -0.4 is 5.73 Å². The summed E-state index contributed by atoms with van der Waals surface area (Å²) in [5.41, 5.74) is 6.05. The molecule has 2 aromatic rings. The minimum atomic E-state index is -0.270. The highest BCUT2D eigenvalue weighted by atomic mass is 35.5. The molecule has 7 heteroatoms. The number of hydrogen-bond acceptors (Lipinski definition) is 4. The average molecular weight is 287 g/mol. The molecular weight excluding hydrogens is 275 g/mol. The van der Waals surface area contributed by atoms with Crippen LogP contribution in [-0.2, 0) is 19.3 Å². The topological polar surface area (TPSA) is 56.7 Å². The highest BCUT2D eigenvalue weighted by Crippen LogP contribution is 2.24. The van der Waals surface area contributed by atoms with Crippen molar-refractivity contribution in [3.05, 3.63) is 40.4 Å². The standard InChI is InChI=1S/C11H12ClFN4S/c1-17-10(5-14)15-16-11(17)18-6-7-4-8(12)2-3-9(7)13/h2-4H,5-6,14H2,1H3. The summed E-state index contributed by atoms with van der Waals surface area (Å²) in [4.78, 5) is 0. The van der Waals surface area contributed by atoms with Crippen molar-refractivity contribution in [2.75, 3.05) is 0 Å². The van der Waals surface area contributed by atoms with Gasteiger partial charge in [-0.2, -0.15) is 0 Å². The van der Waals surface area contributed by atoms with Gasteiger partial charge in [0.1, 0.15) is 11.6 Å². The Morgan fingerprint density at radius 2 is 2.22 bits per heavy atom. The molecule has 2 rings (SSSR count). The fourth-order valence-electron chi connectivity index (χ4n) is 1.44. The van der Waals surface area contributed by atoms with Gasteiger partial charge in [-0.1, -0.05) is 23.4 Å². The number of aromatic nitrogens is 3. The van der Waals surface area contributed by atoms with Crippen LogP contribution in [0.1, 0.15) is 11.4 Å². The van der Waals surface area contributed by atoms with Gasteiger partial charge in [0.2, 0.25) is 0 Å². The van der Waals surface area contributed by atoms with Crippen LogP contribution in [0.5, 0.6) is 0 Å². The molecule has 0 atom stereocenters. The lowest BCUT2D eigenvalue weighted by molar-refractivity contribution is 0.617. The van der Waals surface area contributed by atoms with E-state index in [0.717, 1.165) is 0 Å². The Hall–Kier alpha value is -1.11. The second kappa shape index (κ2) is 5.69. The molecule has 0 unspecified atom stereocenters. The Morgan fingerprint density at radius 1 is 1.44 bits per heavy atom. The predicted molar refractivity (Wildman–Crippen MR) is 69.9 cm³/mol. The van der Waals surface area contributed by atoms with Crippen LogP contribution in [0.25, 0.3) is 0 Å². The van der Waals surface area contributed by atoms with Crippen LogP contribution >= 0.6 is 23.4 Å². The van der Waals surface area contributed by atoms with Crippen molar-refractivity contribution >= 4 is 23.4 Å². The molecular formula is C11H12ClFN4S. The number of thioether (sulfide) groups is 1. The molecule has 4 nitrogen and oxygen atoms in total. The fraction of sp³-hybridized carbons (Fsp3) is 0.273. The van der Waals surface area contributed by atoms with E-state index in [2.05, 4.69) is 10.2 Å². The maximum absolute atomic E-state index is 13.5. The molecule has 1 heterocycles. The summed E-state index contributed by atoms with van der Waals surface area (Å²) in [7, 11) is 1.83. The minimum absolute atomic E-state index is 0.270. The van der Waals surface area contributed by atoms with E-state index >= 15 is 0 Å². The lowest BCUT2D eigenvalue weighted by atomic mass is 10.2. The first-order chi connectivity index (χ1) is 8.61. The minimum Gasteiger partial charge on any atom is -0.324 e. The maximum Gasteiger partial charge on any atom is 0.191 e. The normalized spacial score (nSPS) is 10.9. The smallest absolute Gasteiger partial charge is 0.191 e. The SMILES string of the molecule is Cn1c(CN)nnc1SCc1cc(Cl)ccc1F. The number of hydrogen-bond donors (Lipinski definition) is 1. The molecule has 0 radical (unpaired) electrons. The van der Waals surface area contributed by atoms with Crippen LogP contribution in [0, 0.1) is 5.82 Å². The summed E-state index contributed by atoms with van der Waals surface area (Å²) in [6, 6.07) is 4.50. The molecule has 1 aromatic carbocycles. The first kappa shape index (κ1) is 13.3. The Bertz CT molecular complexity index is 558. The number of nitrogens with two attached hydrogens (primary N) is 1. The third kappa shape index (κ3) is 2.82. The van der Waals surface area contributed by atoms with Crippen LogP contribution in [0.4, 0.5) is 4.39 Å². The van der Waals surface area contributed by atoms with Crippen molar-refractivity contribution in [2.24, 2.45) is 12.8 Å². The molecule has 0 saturated carbocycles. The number of rotatable bonds is 4. The zero-order valence-electron chi connectivity index (χ0n) is 9.73. The molecule has 1 aromatic heterocycles. The Labute approximate surface area is 113 Å². The van der Waals surface area contributed by atoms with E-state index in [1.165, 1.54) is 23.9 Å². The van der Waals surface area contributed by atoms with Gasteiger partial charge in [-0.05, 0) is 23.8 Å². The number of halogens is 2. The number of nitrogens with zero attached hydrogens (tertiary/aromatic N) is 3. The van der Waals surface area contributed by atoms with E-state index in [-0.39, 0.29) is 5.82 Å². The average Bonchev–Trinajstić information content (AvgIpc) is 2.71. The van der Waals surface area contributed by atoms with Crippen molar-refractivity contribution in [1.29, 1.82) is 0 Å². The van der Waals surface area contributed by atoms with Crippen LogP contribution in [0.3, 0.4) is 0 Å². The molecule has 0 aliphatic carbocycles. The summed E-state index contributed by atoms with van der Waals surface area (Å²) >= 11 is 7.23. The molecule has 0 fully saturated rings. The summed E-state index contributed by atoms with van der Waals surface area (Å²) in [6.07, 6.45) is 0. The van der Waals surface area contributed by atoms with E-state index in [1.54, 1.807) is 10.6 Å². The first-order valence-electron chi connectivity index (χ1n) is 5.27.